The van der Waals surface area contributed by atoms with Crippen molar-refractivity contribution in [1.29, 1.82) is 0 Å². The molecule has 0 bridgehead atoms. The Morgan fingerprint density at radius 1 is 1.22 bits per heavy atom. The summed E-state index contributed by atoms with van der Waals surface area (Å²) in [5.41, 5.74) is -4.44. The van der Waals surface area contributed by atoms with Crippen molar-refractivity contribution in [2.45, 2.75) is 32.0 Å². The van der Waals surface area contributed by atoms with Crippen LogP contribution in [0.1, 0.15) is 25.8 Å². The van der Waals surface area contributed by atoms with Gasteiger partial charge in [-0.3, -0.25) is 0 Å². The summed E-state index contributed by atoms with van der Waals surface area (Å²) in [6, 6.07) is 1.42. The number of aromatic nitrogens is 3. The van der Waals surface area contributed by atoms with Crippen LogP contribution in [0.5, 0.6) is 5.75 Å². The lowest BCUT2D eigenvalue weighted by atomic mass is 9.90. The predicted octanol–water partition coefficient (Wildman–Crippen LogP) is 3.91. The van der Waals surface area contributed by atoms with Crippen LogP contribution in [-0.4, -0.2) is 40.6 Å². The van der Waals surface area contributed by atoms with Crippen molar-refractivity contribution in [3.8, 4) is 5.75 Å². The van der Waals surface area contributed by atoms with Crippen LogP contribution in [0.15, 0.2) is 18.5 Å². The van der Waals surface area contributed by atoms with Crippen LogP contribution in [0, 0.1) is 11.6 Å². The predicted molar refractivity (Wildman–Crippen MR) is 88.9 cm³/mol. The van der Waals surface area contributed by atoms with E-state index in [2.05, 4.69) is 15.4 Å². The van der Waals surface area contributed by atoms with Gasteiger partial charge in [0.2, 0.25) is 5.28 Å². The first kappa shape index (κ1) is 21.4. The molecule has 1 atom stereocenters. The maximum Gasteiger partial charge on any atom is 0.417 e. The van der Waals surface area contributed by atoms with E-state index in [0.29, 0.717) is 32.0 Å². The minimum Gasteiger partial charge on any atom is -0.493 e. The highest BCUT2D eigenvalue weighted by Crippen LogP contribution is 2.45. The summed E-state index contributed by atoms with van der Waals surface area (Å²) < 4.78 is 75.9. The number of benzene rings is 1. The molecule has 2 rings (SSSR count). The quantitative estimate of drug-likeness (QED) is 0.527. The maximum absolute atomic E-state index is 14.6. The van der Waals surface area contributed by atoms with Gasteiger partial charge in [0.25, 0.3) is 0 Å². The van der Waals surface area contributed by atoms with Crippen molar-refractivity contribution in [1.82, 2.24) is 20.1 Å². The fourth-order valence-corrected chi connectivity index (χ4v) is 2.81. The number of halogens is 6. The van der Waals surface area contributed by atoms with Gasteiger partial charge in [-0.05, 0) is 38.0 Å². The second kappa shape index (κ2) is 8.39. The summed E-state index contributed by atoms with van der Waals surface area (Å²) in [5, 5.41) is 5.78. The zero-order chi connectivity index (χ0) is 20.2. The van der Waals surface area contributed by atoms with E-state index >= 15 is 0 Å². The first-order valence-corrected chi connectivity index (χ1v) is 8.46. The Labute approximate surface area is 157 Å². The first-order valence-electron chi connectivity index (χ1n) is 8.08. The van der Waals surface area contributed by atoms with E-state index in [9.17, 15) is 22.0 Å². The number of nitrogens with one attached hydrogen (secondary N) is 1. The Kier molecular flexibility index (Phi) is 6.63. The van der Waals surface area contributed by atoms with E-state index in [1.165, 1.54) is 0 Å². The fraction of sp³-hybridized carbons (Fsp3) is 0.500. The van der Waals surface area contributed by atoms with Gasteiger partial charge in [0.05, 0.1) is 12.2 Å². The molecule has 27 heavy (non-hydrogen) atoms. The van der Waals surface area contributed by atoms with Crippen molar-refractivity contribution in [2.24, 2.45) is 0 Å². The molecule has 0 saturated carbocycles. The smallest absolute Gasteiger partial charge is 0.417 e. The molecule has 2 aromatic rings. The van der Waals surface area contributed by atoms with E-state index in [-0.39, 0.29) is 17.0 Å². The fourth-order valence-electron chi connectivity index (χ4n) is 2.56. The zero-order valence-electron chi connectivity index (χ0n) is 14.6. The molecule has 1 heterocycles. The molecule has 1 aromatic heterocycles. The molecular formula is C16H18ClF5N4O. The molecule has 5 nitrogen and oxygen atoms in total. The Balaban J connectivity index is 2.40. The topological polar surface area (TPSA) is 52.0 Å². The molecule has 1 N–H and O–H groups in total. The van der Waals surface area contributed by atoms with Crippen LogP contribution in [0.4, 0.5) is 22.0 Å². The largest absolute Gasteiger partial charge is 0.493 e. The Morgan fingerprint density at radius 3 is 2.33 bits per heavy atom. The number of rotatable bonds is 8. The minimum atomic E-state index is -5.11. The van der Waals surface area contributed by atoms with Gasteiger partial charge in [0.1, 0.15) is 23.7 Å². The normalized spacial score (nSPS) is 14.2. The molecule has 0 aliphatic carbocycles. The van der Waals surface area contributed by atoms with Crippen LogP contribution < -0.4 is 10.1 Å². The molecule has 11 heteroatoms. The van der Waals surface area contributed by atoms with Crippen LogP contribution in [0.3, 0.4) is 0 Å². The Morgan fingerprint density at radius 2 is 1.85 bits per heavy atom. The van der Waals surface area contributed by atoms with Crippen LogP contribution >= 0.6 is 11.6 Å². The highest BCUT2D eigenvalue weighted by atomic mass is 35.5. The molecule has 0 fully saturated rings. The van der Waals surface area contributed by atoms with Crippen molar-refractivity contribution >= 4 is 11.6 Å². The van der Waals surface area contributed by atoms with Gasteiger partial charge >= 0.3 is 6.18 Å². The van der Waals surface area contributed by atoms with Gasteiger partial charge in [-0.15, -0.1) is 0 Å². The molecule has 0 amide bonds. The van der Waals surface area contributed by atoms with Gasteiger partial charge in [-0.25, -0.2) is 18.4 Å². The van der Waals surface area contributed by atoms with Crippen molar-refractivity contribution in [3.63, 3.8) is 0 Å². The lowest BCUT2D eigenvalue weighted by molar-refractivity contribution is -0.199. The first-order chi connectivity index (χ1) is 12.6. The molecule has 0 saturated heterocycles. The van der Waals surface area contributed by atoms with E-state index in [0.717, 1.165) is 12.9 Å². The maximum atomic E-state index is 14.6. The number of hydrogen-bond acceptors (Lipinski definition) is 4. The van der Waals surface area contributed by atoms with Gasteiger partial charge in [-0.1, -0.05) is 6.92 Å². The zero-order valence-corrected chi connectivity index (χ0v) is 15.3. The molecule has 0 spiro atoms. The molecule has 0 radical (unpaired) electrons. The number of ether oxygens (including phenoxy) is 1. The summed E-state index contributed by atoms with van der Waals surface area (Å²) in [7, 11) is 0. The van der Waals surface area contributed by atoms with Crippen LogP contribution in [0.25, 0.3) is 0 Å². The third-order valence-electron chi connectivity index (χ3n) is 4.00. The van der Waals surface area contributed by atoms with Gasteiger partial charge in [-0.2, -0.15) is 18.3 Å². The molecule has 1 aromatic carbocycles. The van der Waals surface area contributed by atoms with Crippen molar-refractivity contribution in [3.05, 3.63) is 40.9 Å². The standard InChI is InChI=1S/C16H18ClF5N4O/c1-3-23-5-4-6-27-10-7-11(18)13(12(19)8-10)15(2,16(20,21)22)26-14(17)24-9-25-26/h7-9,23H,3-6H2,1-2H3. The second-order valence-electron chi connectivity index (χ2n) is 5.83. The van der Waals surface area contributed by atoms with Crippen molar-refractivity contribution in [2.75, 3.05) is 19.7 Å². The lowest BCUT2D eigenvalue weighted by Gasteiger charge is -2.33. The van der Waals surface area contributed by atoms with Gasteiger partial charge < -0.3 is 10.1 Å². The minimum absolute atomic E-state index is 0.149. The highest BCUT2D eigenvalue weighted by molar-refractivity contribution is 6.28. The number of alkyl halides is 3. The molecular weight excluding hydrogens is 395 g/mol. The summed E-state index contributed by atoms with van der Waals surface area (Å²) in [5.74, 6) is -3.06. The molecule has 0 aliphatic heterocycles. The highest BCUT2D eigenvalue weighted by Gasteiger charge is 2.58. The molecule has 150 valence electrons. The third kappa shape index (κ3) is 4.32. The number of hydrogen-bond donors (Lipinski definition) is 1. The van der Waals surface area contributed by atoms with E-state index in [1.54, 1.807) is 0 Å². The van der Waals surface area contributed by atoms with E-state index < -0.39 is 34.2 Å². The molecule has 0 aliphatic rings. The van der Waals surface area contributed by atoms with Gasteiger partial charge in [0, 0.05) is 12.1 Å². The summed E-state index contributed by atoms with van der Waals surface area (Å²) >= 11 is 5.64. The van der Waals surface area contributed by atoms with Gasteiger partial charge in [0.15, 0.2) is 5.54 Å². The third-order valence-corrected chi connectivity index (χ3v) is 4.26. The monoisotopic (exact) mass is 412 g/mol. The Bertz CT molecular complexity index is 759. The average molecular weight is 413 g/mol. The SMILES string of the molecule is CCNCCCOc1cc(F)c(C(C)(n2ncnc2Cl)C(F)(F)F)c(F)c1. The lowest BCUT2D eigenvalue weighted by Crippen LogP contribution is -2.48. The Hall–Kier alpha value is -1.94. The number of nitrogens with zero attached hydrogens (tertiary/aromatic N) is 3. The molecule has 1 unspecified atom stereocenters. The summed E-state index contributed by atoms with van der Waals surface area (Å²) in [4.78, 5) is 3.41. The summed E-state index contributed by atoms with van der Waals surface area (Å²) in [6.07, 6.45) is -3.78. The van der Waals surface area contributed by atoms with Crippen LogP contribution in [-0.2, 0) is 5.54 Å². The summed E-state index contributed by atoms with van der Waals surface area (Å²) in [6.45, 7) is 4.04. The van der Waals surface area contributed by atoms with E-state index in [1.807, 2.05) is 6.92 Å². The average Bonchev–Trinajstić information content (AvgIpc) is 2.99. The van der Waals surface area contributed by atoms with E-state index in [4.69, 9.17) is 16.3 Å². The van der Waals surface area contributed by atoms with Crippen LogP contribution in [0.2, 0.25) is 5.28 Å². The second-order valence-corrected chi connectivity index (χ2v) is 6.17. The van der Waals surface area contributed by atoms with Crippen molar-refractivity contribution < 1.29 is 26.7 Å².